The molecule has 0 aromatic carbocycles. The van der Waals surface area contributed by atoms with Gasteiger partial charge in [-0.2, -0.15) is 0 Å². The molecule has 0 aromatic rings. The molecule has 1 aliphatic carbocycles. The molecule has 6 heteroatoms. The van der Waals surface area contributed by atoms with Crippen LogP contribution in [0.3, 0.4) is 0 Å². The Kier molecular flexibility index (Phi) is 4.26. The van der Waals surface area contributed by atoms with Crippen LogP contribution in [0.5, 0.6) is 0 Å². The summed E-state index contributed by atoms with van der Waals surface area (Å²) in [6, 6.07) is 0.324. The number of nitrogens with zero attached hydrogens (tertiary/aromatic N) is 1. The van der Waals surface area contributed by atoms with Gasteiger partial charge in [0, 0.05) is 18.3 Å². The molecule has 18 heavy (non-hydrogen) atoms. The van der Waals surface area contributed by atoms with Gasteiger partial charge < -0.3 is 4.90 Å². The first kappa shape index (κ1) is 14.2. The van der Waals surface area contributed by atoms with Crippen LogP contribution in [0, 0.1) is 5.92 Å². The molecule has 0 radical (unpaired) electrons. The number of thioether (sulfide) groups is 1. The van der Waals surface area contributed by atoms with Crippen LogP contribution in [0.15, 0.2) is 0 Å². The van der Waals surface area contributed by atoms with Crippen LogP contribution in [0.4, 0.5) is 0 Å². The lowest BCUT2D eigenvalue weighted by Crippen LogP contribution is -2.37. The Morgan fingerprint density at radius 2 is 2.06 bits per heavy atom. The predicted octanol–water partition coefficient (Wildman–Crippen LogP) is 1.16. The lowest BCUT2D eigenvalue weighted by Gasteiger charge is -2.25. The Labute approximate surface area is 113 Å². The molecule has 2 fully saturated rings. The summed E-state index contributed by atoms with van der Waals surface area (Å²) in [5, 5.41) is 0.114. The van der Waals surface area contributed by atoms with Crippen molar-refractivity contribution in [1.29, 1.82) is 0 Å². The fraction of sp³-hybridized carbons (Fsp3) is 0.917. The van der Waals surface area contributed by atoms with Gasteiger partial charge in [0.25, 0.3) is 0 Å². The number of carbonyl (C=O) groups is 1. The standard InChI is InChI=1S/C12H21NO3S2/c1-9(10-3-4-10)13(2)12(14)7-17-11-5-6-18(15,16)8-11/h9-11H,3-8H2,1-2H3/t9-,11+/m0/s1. The van der Waals surface area contributed by atoms with Gasteiger partial charge in [-0.05, 0) is 32.1 Å². The van der Waals surface area contributed by atoms with Crippen LogP contribution in [0.2, 0.25) is 0 Å². The summed E-state index contributed by atoms with van der Waals surface area (Å²) >= 11 is 1.50. The average molecular weight is 291 g/mol. The van der Waals surface area contributed by atoms with Gasteiger partial charge in [-0.3, -0.25) is 4.79 Å². The van der Waals surface area contributed by atoms with Crippen LogP contribution in [-0.4, -0.2) is 54.8 Å². The molecule has 2 aliphatic rings. The zero-order chi connectivity index (χ0) is 13.3. The van der Waals surface area contributed by atoms with Gasteiger partial charge in [0.2, 0.25) is 5.91 Å². The van der Waals surface area contributed by atoms with E-state index < -0.39 is 9.84 Å². The van der Waals surface area contributed by atoms with Gasteiger partial charge in [0.05, 0.1) is 17.3 Å². The highest BCUT2D eigenvalue weighted by molar-refractivity contribution is 8.02. The predicted molar refractivity (Wildman–Crippen MR) is 74.5 cm³/mol. The zero-order valence-corrected chi connectivity index (χ0v) is 12.6. The van der Waals surface area contributed by atoms with Gasteiger partial charge in [-0.15, -0.1) is 11.8 Å². The Hall–Kier alpha value is -0.230. The first-order chi connectivity index (χ1) is 8.39. The maximum atomic E-state index is 12.0. The van der Waals surface area contributed by atoms with Crippen LogP contribution in [0.25, 0.3) is 0 Å². The molecule has 0 unspecified atom stereocenters. The highest BCUT2D eigenvalue weighted by Gasteiger charge is 2.33. The third-order valence-corrected chi connectivity index (χ3v) is 7.21. The first-order valence-electron chi connectivity index (χ1n) is 6.47. The second-order valence-corrected chi connectivity index (χ2v) is 8.94. The highest BCUT2D eigenvalue weighted by Crippen LogP contribution is 2.35. The van der Waals surface area contributed by atoms with Crippen LogP contribution < -0.4 is 0 Å². The van der Waals surface area contributed by atoms with Gasteiger partial charge in [0.1, 0.15) is 0 Å². The van der Waals surface area contributed by atoms with Crippen LogP contribution in [0.1, 0.15) is 26.2 Å². The minimum absolute atomic E-state index is 0.114. The minimum atomic E-state index is -2.83. The van der Waals surface area contributed by atoms with Gasteiger partial charge in [-0.25, -0.2) is 8.42 Å². The van der Waals surface area contributed by atoms with Crippen LogP contribution >= 0.6 is 11.8 Å². The van der Waals surface area contributed by atoms with Crippen molar-refractivity contribution in [3.63, 3.8) is 0 Å². The number of sulfone groups is 1. The summed E-state index contributed by atoms with van der Waals surface area (Å²) in [5.41, 5.74) is 0. The second-order valence-electron chi connectivity index (χ2n) is 5.42. The third-order valence-electron chi connectivity index (χ3n) is 3.94. The summed E-state index contributed by atoms with van der Waals surface area (Å²) in [5.74, 6) is 1.74. The van der Waals surface area contributed by atoms with Crippen molar-refractivity contribution in [3.05, 3.63) is 0 Å². The number of hydrogen-bond acceptors (Lipinski definition) is 4. The lowest BCUT2D eigenvalue weighted by atomic mass is 10.2. The monoisotopic (exact) mass is 291 g/mol. The molecule has 0 bridgehead atoms. The van der Waals surface area contributed by atoms with E-state index >= 15 is 0 Å². The largest absolute Gasteiger partial charge is 0.342 e. The molecule has 1 saturated heterocycles. The fourth-order valence-electron chi connectivity index (χ4n) is 2.31. The Morgan fingerprint density at radius 1 is 1.39 bits per heavy atom. The lowest BCUT2D eigenvalue weighted by molar-refractivity contribution is -0.129. The molecule has 0 N–H and O–H groups in total. The third kappa shape index (κ3) is 3.63. The molecule has 1 heterocycles. The second kappa shape index (κ2) is 5.41. The summed E-state index contributed by atoms with van der Waals surface area (Å²) in [6.07, 6.45) is 3.15. The topological polar surface area (TPSA) is 54.5 Å². The Balaban J connectivity index is 1.74. The van der Waals surface area contributed by atoms with E-state index in [0.717, 1.165) is 0 Å². The van der Waals surface area contributed by atoms with E-state index in [4.69, 9.17) is 0 Å². The summed E-state index contributed by atoms with van der Waals surface area (Å²) in [4.78, 5) is 13.8. The maximum Gasteiger partial charge on any atom is 0.232 e. The van der Waals surface area contributed by atoms with E-state index in [1.165, 1.54) is 24.6 Å². The molecule has 0 aromatic heterocycles. The molecule has 1 aliphatic heterocycles. The van der Waals surface area contributed by atoms with E-state index in [1.807, 2.05) is 11.9 Å². The van der Waals surface area contributed by atoms with Crippen molar-refractivity contribution in [2.45, 2.75) is 37.5 Å². The summed E-state index contributed by atoms with van der Waals surface area (Å²) < 4.78 is 22.6. The molecule has 0 spiro atoms. The van der Waals surface area contributed by atoms with Crippen molar-refractivity contribution >= 4 is 27.5 Å². The average Bonchev–Trinajstić information content (AvgIpc) is 3.09. The van der Waals surface area contributed by atoms with Gasteiger partial charge >= 0.3 is 0 Å². The van der Waals surface area contributed by atoms with Crippen molar-refractivity contribution in [2.75, 3.05) is 24.3 Å². The smallest absolute Gasteiger partial charge is 0.232 e. The van der Waals surface area contributed by atoms with E-state index in [9.17, 15) is 13.2 Å². The van der Waals surface area contributed by atoms with E-state index in [-0.39, 0.29) is 22.7 Å². The van der Waals surface area contributed by atoms with Crippen molar-refractivity contribution < 1.29 is 13.2 Å². The quantitative estimate of drug-likeness (QED) is 0.763. The van der Waals surface area contributed by atoms with Crippen molar-refractivity contribution in [2.24, 2.45) is 5.92 Å². The summed E-state index contributed by atoms with van der Waals surface area (Å²) in [6.45, 7) is 2.10. The maximum absolute atomic E-state index is 12.0. The van der Waals surface area contributed by atoms with E-state index in [0.29, 0.717) is 24.1 Å². The van der Waals surface area contributed by atoms with Crippen molar-refractivity contribution in [3.8, 4) is 0 Å². The molecule has 4 nitrogen and oxygen atoms in total. The molecule has 2 rings (SSSR count). The molecular formula is C12H21NO3S2. The number of amides is 1. The Bertz CT molecular complexity index is 417. The van der Waals surface area contributed by atoms with Crippen molar-refractivity contribution in [1.82, 2.24) is 4.90 Å². The highest BCUT2D eigenvalue weighted by atomic mass is 32.2. The molecule has 1 amide bonds. The Morgan fingerprint density at radius 3 is 2.56 bits per heavy atom. The SMILES string of the molecule is C[C@@H](C1CC1)N(C)C(=O)CS[C@@H]1CCS(=O)(=O)C1. The molecular weight excluding hydrogens is 270 g/mol. The molecule has 1 saturated carbocycles. The zero-order valence-electron chi connectivity index (χ0n) is 11.0. The summed E-state index contributed by atoms with van der Waals surface area (Å²) in [7, 11) is -0.971. The minimum Gasteiger partial charge on any atom is -0.342 e. The first-order valence-corrected chi connectivity index (χ1v) is 9.34. The van der Waals surface area contributed by atoms with Crippen LogP contribution in [-0.2, 0) is 14.6 Å². The van der Waals surface area contributed by atoms with E-state index in [1.54, 1.807) is 0 Å². The van der Waals surface area contributed by atoms with Gasteiger partial charge in [0.15, 0.2) is 9.84 Å². The molecule has 2 atom stereocenters. The number of hydrogen-bond donors (Lipinski definition) is 0. The van der Waals surface area contributed by atoms with E-state index in [2.05, 4.69) is 6.92 Å². The number of carbonyl (C=O) groups excluding carboxylic acids is 1. The van der Waals surface area contributed by atoms with Gasteiger partial charge in [-0.1, -0.05) is 0 Å². The number of rotatable bonds is 5. The molecule has 104 valence electrons. The fourth-order valence-corrected chi connectivity index (χ4v) is 5.87. The normalized spacial score (nSPS) is 28.0.